The Morgan fingerprint density at radius 1 is 1.44 bits per heavy atom. The summed E-state index contributed by atoms with van der Waals surface area (Å²) in [5.41, 5.74) is 5.74. The Morgan fingerprint density at radius 3 is 2.44 bits per heavy atom. The molecule has 0 aromatic carbocycles. The van der Waals surface area contributed by atoms with Gasteiger partial charge in [0.2, 0.25) is 5.92 Å². The van der Waals surface area contributed by atoms with Gasteiger partial charge in [-0.25, -0.2) is 8.78 Å². The molecule has 0 saturated heterocycles. The first-order valence-electron chi connectivity index (χ1n) is 5.38. The minimum Gasteiger partial charge on any atom is -0.370 e. The van der Waals surface area contributed by atoms with Crippen molar-refractivity contribution in [2.45, 2.75) is 37.6 Å². The van der Waals surface area contributed by atoms with Crippen molar-refractivity contribution in [3.63, 3.8) is 0 Å². The van der Waals surface area contributed by atoms with Crippen LogP contribution in [0.15, 0.2) is 4.99 Å². The maximum Gasteiger partial charge on any atom is 0.248 e. The molecule has 2 aliphatic carbocycles. The van der Waals surface area contributed by atoms with Crippen LogP contribution >= 0.6 is 24.0 Å². The van der Waals surface area contributed by atoms with Crippen LogP contribution in [0.2, 0.25) is 0 Å². The van der Waals surface area contributed by atoms with Crippen molar-refractivity contribution in [3.8, 4) is 0 Å². The second-order valence-electron chi connectivity index (χ2n) is 4.67. The molecule has 0 heterocycles. The molecule has 0 aromatic heterocycles. The highest BCUT2D eigenvalue weighted by atomic mass is 127. The van der Waals surface area contributed by atoms with Crippen LogP contribution in [0.4, 0.5) is 8.78 Å². The summed E-state index contributed by atoms with van der Waals surface area (Å²) in [4.78, 5) is 6.10. The lowest BCUT2D eigenvalue weighted by atomic mass is 9.81. The number of halogens is 3. The Bertz CT molecular complexity index is 271. The van der Waals surface area contributed by atoms with E-state index in [4.69, 9.17) is 5.73 Å². The topological polar surface area (TPSA) is 41.6 Å². The number of rotatable bonds is 3. The molecular formula is C10H18F2IN3. The Morgan fingerprint density at radius 2 is 2.00 bits per heavy atom. The zero-order chi connectivity index (χ0) is 11.1. The molecule has 94 valence electrons. The molecular weight excluding hydrogens is 327 g/mol. The zero-order valence-corrected chi connectivity index (χ0v) is 11.7. The van der Waals surface area contributed by atoms with Gasteiger partial charge in [0.15, 0.2) is 5.96 Å². The van der Waals surface area contributed by atoms with Gasteiger partial charge in [-0.05, 0) is 18.8 Å². The van der Waals surface area contributed by atoms with Crippen molar-refractivity contribution in [3.05, 3.63) is 0 Å². The molecule has 0 amide bonds. The van der Waals surface area contributed by atoms with Gasteiger partial charge in [0.1, 0.15) is 0 Å². The third kappa shape index (κ3) is 3.43. The summed E-state index contributed by atoms with van der Waals surface area (Å²) in [7, 11) is 1.91. The molecule has 16 heavy (non-hydrogen) atoms. The van der Waals surface area contributed by atoms with E-state index >= 15 is 0 Å². The molecule has 2 saturated carbocycles. The molecule has 2 rings (SSSR count). The van der Waals surface area contributed by atoms with E-state index in [2.05, 4.69) is 4.99 Å². The van der Waals surface area contributed by atoms with Crippen LogP contribution in [0.5, 0.6) is 0 Å². The lowest BCUT2D eigenvalue weighted by molar-refractivity contribution is -0.107. The lowest BCUT2D eigenvalue weighted by Crippen LogP contribution is -2.39. The standard InChI is InChI=1S/C10H17F2N3.HI/c1-15(8-2-3-8)9(13)14-6-7-4-10(11,12)5-7;/h7-8H,2-6H2,1H3,(H2,13,14);1H. The number of alkyl halides is 2. The van der Waals surface area contributed by atoms with E-state index in [1.807, 2.05) is 11.9 Å². The summed E-state index contributed by atoms with van der Waals surface area (Å²) >= 11 is 0. The van der Waals surface area contributed by atoms with Gasteiger partial charge in [0.05, 0.1) is 0 Å². The number of aliphatic imine (C=N–C) groups is 1. The number of hydrogen-bond acceptors (Lipinski definition) is 1. The highest BCUT2D eigenvalue weighted by molar-refractivity contribution is 14.0. The largest absolute Gasteiger partial charge is 0.370 e. The first kappa shape index (κ1) is 13.9. The van der Waals surface area contributed by atoms with Crippen LogP contribution in [-0.4, -0.2) is 36.4 Å². The molecule has 2 fully saturated rings. The van der Waals surface area contributed by atoms with E-state index in [0.717, 1.165) is 12.8 Å². The van der Waals surface area contributed by atoms with E-state index in [1.165, 1.54) is 0 Å². The number of hydrogen-bond donors (Lipinski definition) is 1. The van der Waals surface area contributed by atoms with Crippen LogP contribution in [0.3, 0.4) is 0 Å². The molecule has 2 aliphatic rings. The van der Waals surface area contributed by atoms with Gasteiger partial charge in [-0.2, -0.15) is 0 Å². The Labute approximate surface area is 111 Å². The maximum absolute atomic E-state index is 12.5. The molecule has 0 bridgehead atoms. The van der Waals surface area contributed by atoms with Crippen molar-refractivity contribution in [1.82, 2.24) is 4.90 Å². The summed E-state index contributed by atoms with van der Waals surface area (Å²) in [6.45, 7) is 0.443. The van der Waals surface area contributed by atoms with Gasteiger partial charge in [-0.3, -0.25) is 4.99 Å². The molecule has 0 aliphatic heterocycles. The average molecular weight is 345 g/mol. The number of guanidine groups is 1. The third-order valence-electron chi connectivity index (χ3n) is 3.14. The highest BCUT2D eigenvalue weighted by Crippen LogP contribution is 2.42. The second kappa shape index (κ2) is 5.01. The maximum atomic E-state index is 12.5. The van der Waals surface area contributed by atoms with Gasteiger partial charge < -0.3 is 10.6 Å². The summed E-state index contributed by atoms with van der Waals surface area (Å²) in [5.74, 6) is -1.93. The van der Waals surface area contributed by atoms with Crippen molar-refractivity contribution in [1.29, 1.82) is 0 Å². The molecule has 2 N–H and O–H groups in total. The monoisotopic (exact) mass is 345 g/mol. The Hall–Kier alpha value is -0.140. The van der Waals surface area contributed by atoms with Crippen molar-refractivity contribution in [2.24, 2.45) is 16.6 Å². The normalized spacial score (nSPS) is 24.6. The van der Waals surface area contributed by atoms with Gasteiger partial charge in [-0.15, -0.1) is 24.0 Å². The van der Waals surface area contributed by atoms with Crippen molar-refractivity contribution in [2.75, 3.05) is 13.6 Å². The first-order chi connectivity index (χ1) is 6.98. The fourth-order valence-electron chi connectivity index (χ4n) is 1.90. The van der Waals surface area contributed by atoms with E-state index in [9.17, 15) is 8.78 Å². The van der Waals surface area contributed by atoms with Crippen molar-refractivity contribution < 1.29 is 8.78 Å². The Kier molecular flexibility index (Phi) is 4.36. The molecule has 3 nitrogen and oxygen atoms in total. The fourth-order valence-corrected chi connectivity index (χ4v) is 1.90. The van der Waals surface area contributed by atoms with E-state index in [0.29, 0.717) is 18.5 Å². The lowest BCUT2D eigenvalue weighted by Gasteiger charge is -2.34. The molecule has 0 unspecified atom stereocenters. The SMILES string of the molecule is CN(C(N)=NCC1CC(F)(F)C1)C1CC1.I. The molecule has 0 radical (unpaired) electrons. The molecule has 0 atom stereocenters. The average Bonchev–Trinajstić information content (AvgIpc) is 2.92. The van der Waals surface area contributed by atoms with Crippen molar-refractivity contribution >= 4 is 29.9 Å². The van der Waals surface area contributed by atoms with E-state index in [1.54, 1.807) is 0 Å². The van der Waals surface area contributed by atoms with Crippen LogP contribution in [0.1, 0.15) is 25.7 Å². The summed E-state index contributed by atoms with van der Waals surface area (Å²) < 4.78 is 25.0. The minimum atomic E-state index is -2.45. The number of nitrogens with zero attached hydrogens (tertiary/aromatic N) is 2. The molecule has 0 aromatic rings. The minimum absolute atomic E-state index is 0. The molecule has 0 spiro atoms. The fraction of sp³-hybridized carbons (Fsp3) is 0.900. The third-order valence-corrected chi connectivity index (χ3v) is 3.14. The summed E-state index contributed by atoms with van der Waals surface area (Å²) in [6, 6.07) is 0.525. The Balaban J connectivity index is 0.00000128. The van der Waals surface area contributed by atoms with Crippen LogP contribution in [0.25, 0.3) is 0 Å². The molecule has 6 heteroatoms. The van der Waals surface area contributed by atoms with Gasteiger partial charge in [0, 0.05) is 32.5 Å². The zero-order valence-electron chi connectivity index (χ0n) is 9.33. The quantitative estimate of drug-likeness (QED) is 0.483. The van der Waals surface area contributed by atoms with Gasteiger partial charge in [-0.1, -0.05) is 0 Å². The van der Waals surface area contributed by atoms with Gasteiger partial charge in [0.25, 0.3) is 0 Å². The first-order valence-corrected chi connectivity index (χ1v) is 5.38. The number of nitrogens with two attached hydrogens (primary N) is 1. The van der Waals surface area contributed by atoms with Crippen LogP contribution in [0, 0.1) is 5.92 Å². The predicted molar refractivity (Wildman–Crippen MR) is 70.4 cm³/mol. The highest BCUT2D eigenvalue weighted by Gasteiger charge is 2.44. The predicted octanol–water partition coefficient (Wildman–Crippen LogP) is 2.06. The smallest absolute Gasteiger partial charge is 0.248 e. The summed E-state index contributed by atoms with van der Waals surface area (Å²) in [6.07, 6.45) is 2.26. The summed E-state index contributed by atoms with van der Waals surface area (Å²) in [5, 5.41) is 0. The van der Waals surface area contributed by atoms with Crippen LogP contribution < -0.4 is 5.73 Å². The van der Waals surface area contributed by atoms with E-state index in [-0.39, 0.29) is 42.7 Å². The second-order valence-corrected chi connectivity index (χ2v) is 4.67. The van der Waals surface area contributed by atoms with Crippen LogP contribution in [-0.2, 0) is 0 Å². The van der Waals surface area contributed by atoms with Gasteiger partial charge >= 0.3 is 0 Å². The van der Waals surface area contributed by atoms with E-state index < -0.39 is 5.92 Å².